The Morgan fingerprint density at radius 2 is 2.05 bits per heavy atom. The molecule has 0 saturated heterocycles. The summed E-state index contributed by atoms with van der Waals surface area (Å²) in [6, 6.07) is 3.84. The highest BCUT2D eigenvalue weighted by atomic mass is 32.1. The van der Waals surface area contributed by atoms with Gasteiger partial charge in [0.15, 0.2) is 0 Å². The third-order valence-corrected chi connectivity index (χ3v) is 4.69. The van der Waals surface area contributed by atoms with Crippen LogP contribution in [0.2, 0.25) is 0 Å². The lowest BCUT2D eigenvalue weighted by molar-refractivity contribution is 0.465. The monoisotopic (exact) mass is 294 g/mol. The fourth-order valence-corrected chi connectivity index (χ4v) is 3.82. The molecule has 1 heterocycles. The fourth-order valence-electron chi connectivity index (χ4n) is 2.66. The highest BCUT2D eigenvalue weighted by molar-refractivity contribution is 7.15. The number of thiazole rings is 1. The average molecular weight is 294 g/mol. The summed E-state index contributed by atoms with van der Waals surface area (Å²) < 4.78 is 26.6. The number of aryl methyl sites for hydroxylation is 1. The Morgan fingerprint density at radius 1 is 1.30 bits per heavy atom. The van der Waals surface area contributed by atoms with E-state index in [1.165, 1.54) is 17.0 Å². The number of benzene rings is 1. The zero-order chi connectivity index (χ0) is 14.1. The van der Waals surface area contributed by atoms with E-state index in [1.807, 2.05) is 0 Å². The molecule has 1 aliphatic rings. The highest BCUT2D eigenvalue weighted by Crippen LogP contribution is 2.37. The van der Waals surface area contributed by atoms with E-state index in [9.17, 15) is 8.78 Å². The molecule has 0 aliphatic heterocycles. The molecule has 3 rings (SSSR count). The first-order valence-corrected chi connectivity index (χ1v) is 7.68. The minimum atomic E-state index is -0.559. The third kappa shape index (κ3) is 2.60. The molecule has 5 heteroatoms. The molecule has 1 aromatic heterocycles. The standard InChI is InChI=1S/C15H16F2N2S/c1-2-18-12-4-3-5-13-14(12)19-15(20-13)9-6-10(16)8-11(17)7-9/h6-8,12,18H,2-5H2,1H3. The van der Waals surface area contributed by atoms with Crippen LogP contribution in [0.3, 0.4) is 0 Å². The van der Waals surface area contributed by atoms with Crippen molar-refractivity contribution in [2.75, 3.05) is 6.54 Å². The molecule has 106 valence electrons. The number of hydrogen-bond donors (Lipinski definition) is 1. The predicted octanol–water partition coefficient (Wildman–Crippen LogP) is 4.08. The molecule has 2 nitrogen and oxygen atoms in total. The smallest absolute Gasteiger partial charge is 0.126 e. The second kappa shape index (κ2) is 5.58. The van der Waals surface area contributed by atoms with E-state index in [1.54, 1.807) is 11.3 Å². The molecule has 2 aromatic rings. The molecular formula is C15H16F2N2S. The lowest BCUT2D eigenvalue weighted by atomic mass is 9.97. The van der Waals surface area contributed by atoms with Gasteiger partial charge in [0, 0.05) is 16.5 Å². The summed E-state index contributed by atoms with van der Waals surface area (Å²) in [4.78, 5) is 5.86. The molecule has 0 bridgehead atoms. The van der Waals surface area contributed by atoms with Crippen LogP contribution in [-0.4, -0.2) is 11.5 Å². The second-order valence-corrected chi connectivity index (χ2v) is 6.07. The van der Waals surface area contributed by atoms with E-state index < -0.39 is 11.6 Å². The second-order valence-electron chi connectivity index (χ2n) is 4.99. The van der Waals surface area contributed by atoms with Gasteiger partial charge in [-0.2, -0.15) is 0 Å². The molecule has 0 amide bonds. The van der Waals surface area contributed by atoms with Gasteiger partial charge in [0.05, 0.1) is 11.7 Å². The maximum absolute atomic E-state index is 13.3. The van der Waals surface area contributed by atoms with Crippen LogP contribution >= 0.6 is 11.3 Å². The Labute approximate surface area is 120 Å². The quantitative estimate of drug-likeness (QED) is 0.923. The van der Waals surface area contributed by atoms with Gasteiger partial charge in [-0.15, -0.1) is 11.3 Å². The van der Waals surface area contributed by atoms with Crippen molar-refractivity contribution in [2.24, 2.45) is 0 Å². The van der Waals surface area contributed by atoms with Crippen molar-refractivity contribution in [1.82, 2.24) is 10.3 Å². The van der Waals surface area contributed by atoms with Gasteiger partial charge in [-0.3, -0.25) is 0 Å². The Morgan fingerprint density at radius 3 is 2.75 bits per heavy atom. The van der Waals surface area contributed by atoms with E-state index >= 15 is 0 Å². The summed E-state index contributed by atoms with van der Waals surface area (Å²) in [6.07, 6.45) is 3.21. The summed E-state index contributed by atoms with van der Waals surface area (Å²) in [5, 5.41) is 4.13. The molecule has 1 unspecified atom stereocenters. The van der Waals surface area contributed by atoms with Crippen molar-refractivity contribution >= 4 is 11.3 Å². The predicted molar refractivity (Wildman–Crippen MR) is 76.8 cm³/mol. The molecule has 20 heavy (non-hydrogen) atoms. The minimum Gasteiger partial charge on any atom is -0.309 e. The molecular weight excluding hydrogens is 278 g/mol. The summed E-state index contributed by atoms with van der Waals surface area (Å²) in [6.45, 7) is 2.97. The molecule has 0 spiro atoms. The number of rotatable bonds is 3. The van der Waals surface area contributed by atoms with Gasteiger partial charge in [0.1, 0.15) is 16.6 Å². The number of halogens is 2. The van der Waals surface area contributed by atoms with E-state index in [0.29, 0.717) is 10.6 Å². The van der Waals surface area contributed by atoms with Crippen molar-refractivity contribution in [3.8, 4) is 10.6 Å². The lowest BCUT2D eigenvalue weighted by Gasteiger charge is -2.21. The molecule has 0 saturated carbocycles. The van der Waals surface area contributed by atoms with Gasteiger partial charge < -0.3 is 5.32 Å². The van der Waals surface area contributed by atoms with Crippen molar-refractivity contribution in [1.29, 1.82) is 0 Å². The zero-order valence-electron chi connectivity index (χ0n) is 11.2. The molecule has 0 fully saturated rings. The summed E-state index contributed by atoms with van der Waals surface area (Å²) in [5.74, 6) is -1.12. The van der Waals surface area contributed by atoms with Crippen LogP contribution in [0.25, 0.3) is 10.6 Å². The Bertz CT molecular complexity index is 604. The normalized spacial score (nSPS) is 18.1. The van der Waals surface area contributed by atoms with Crippen LogP contribution in [0.1, 0.15) is 36.4 Å². The SMILES string of the molecule is CCNC1CCCc2sc(-c3cc(F)cc(F)c3)nc21. The number of nitrogens with zero attached hydrogens (tertiary/aromatic N) is 1. The summed E-state index contributed by atoms with van der Waals surface area (Å²) in [7, 11) is 0. The Balaban J connectivity index is 2.00. The van der Waals surface area contributed by atoms with E-state index in [4.69, 9.17) is 0 Å². The van der Waals surface area contributed by atoms with E-state index in [0.717, 1.165) is 37.6 Å². The van der Waals surface area contributed by atoms with Crippen LogP contribution in [0.4, 0.5) is 8.78 Å². The molecule has 0 radical (unpaired) electrons. The van der Waals surface area contributed by atoms with Crippen molar-refractivity contribution in [3.63, 3.8) is 0 Å². The van der Waals surface area contributed by atoms with Gasteiger partial charge in [-0.1, -0.05) is 6.92 Å². The lowest BCUT2D eigenvalue weighted by Crippen LogP contribution is -2.24. The van der Waals surface area contributed by atoms with Gasteiger partial charge in [-0.25, -0.2) is 13.8 Å². The number of fused-ring (bicyclic) bond motifs is 1. The maximum Gasteiger partial charge on any atom is 0.126 e. The van der Waals surface area contributed by atoms with Crippen LogP contribution < -0.4 is 5.32 Å². The van der Waals surface area contributed by atoms with E-state index in [2.05, 4.69) is 17.2 Å². The van der Waals surface area contributed by atoms with E-state index in [-0.39, 0.29) is 6.04 Å². The fraction of sp³-hybridized carbons (Fsp3) is 0.400. The summed E-state index contributed by atoms with van der Waals surface area (Å²) >= 11 is 1.55. The molecule has 1 aromatic carbocycles. The third-order valence-electron chi connectivity index (χ3n) is 3.51. The first-order valence-electron chi connectivity index (χ1n) is 6.87. The van der Waals surface area contributed by atoms with Crippen LogP contribution in [-0.2, 0) is 6.42 Å². The number of hydrogen-bond acceptors (Lipinski definition) is 3. The maximum atomic E-state index is 13.3. The summed E-state index contributed by atoms with van der Waals surface area (Å²) in [5.41, 5.74) is 1.58. The Hall–Kier alpha value is -1.33. The minimum absolute atomic E-state index is 0.271. The first-order chi connectivity index (χ1) is 9.67. The van der Waals surface area contributed by atoms with Crippen molar-refractivity contribution in [2.45, 2.75) is 32.2 Å². The van der Waals surface area contributed by atoms with Gasteiger partial charge in [-0.05, 0) is 37.9 Å². The van der Waals surface area contributed by atoms with Crippen LogP contribution in [0, 0.1) is 11.6 Å². The van der Waals surface area contributed by atoms with Crippen LogP contribution in [0.15, 0.2) is 18.2 Å². The molecule has 1 atom stereocenters. The Kier molecular flexibility index (Phi) is 3.81. The number of nitrogens with one attached hydrogen (secondary N) is 1. The van der Waals surface area contributed by atoms with Gasteiger partial charge in [0.2, 0.25) is 0 Å². The molecule has 1 N–H and O–H groups in total. The number of aromatic nitrogens is 1. The first kappa shape index (κ1) is 13.6. The van der Waals surface area contributed by atoms with Crippen molar-refractivity contribution in [3.05, 3.63) is 40.4 Å². The topological polar surface area (TPSA) is 24.9 Å². The van der Waals surface area contributed by atoms with Gasteiger partial charge >= 0.3 is 0 Å². The molecule has 1 aliphatic carbocycles. The van der Waals surface area contributed by atoms with Gasteiger partial charge in [0.25, 0.3) is 0 Å². The largest absolute Gasteiger partial charge is 0.309 e. The highest BCUT2D eigenvalue weighted by Gasteiger charge is 2.24. The van der Waals surface area contributed by atoms with Crippen molar-refractivity contribution < 1.29 is 8.78 Å². The van der Waals surface area contributed by atoms with Crippen LogP contribution in [0.5, 0.6) is 0 Å². The average Bonchev–Trinajstić information content (AvgIpc) is 2.83. The zero-order valence-corrected chi connectivity index (χ0v) is 12.1.